The van der Waals surface area contributed by atoms with E-state index in [1.807, 2.05) is 0 Å². The van der Waals surface area contributed by atoms with Gasteiger partial charge in [-0.2, -0.15) is 0 Å². The molecule has 0 saturated heterocycles. The first kappa shape index (κ1) is 22.5. The van der Waals surface area contributed by atoms with Crippen LogP contribution in [0, 0.1) is 34.5 Å². The van der Waals surface area contributed by atoms with Gasteiger partial charge in [0.2, 0.25) is 0 Å². The van der Waals surface area contributed by atoms with Gasteiger partial charge in [-0.05, 0) is 119 Å². The van der Waals surface area contributed by atoms with Crippen molar-refractivity contribution in [3.63, 3.8) is 0 Å². The fourth-order valence-corrected chi connectivity index (χ4v) is 10.8. The molecular weight excluding hydrogens is 388 g/mol. The molecule has 4 heteroatoms. The molecule has 8 atom stereocenters. The van der Waals surface area contributed by atoms with Crippen molar-refractivity contribution in [2.75, 3.05) is 0 Å². The summed E-state index contributed by atoms with van der Waals surface area (Å²) < 4.78 is 13.9. The fourth-order valence-electron chi connectivity index (χ4n) is 8.38. The molecule has 4 fully saturated rings. The quantitative estimate of drug-likeness (QED) is 0.425. The average Bonchev–Trinajstić information content (AvgIpc) is 2.89. The molecule has 0 spiro atoms. The van der Waals surface area contributed by atoms with Gasteiger partial charge in [-0.3, -0.25) is 0 Å². The van der Waals surface area contributed by atoms with Crippen molar-refractivity contribution < 1.29 is 8.85 Å². The summed E-state index contributed by atoms with van der Waals surface area (Å²) in [6, 6.07) is 0. The van der Waals surface area contributed by atoms with Crippen molar-refractivity contribution in [2.45, 2.75) is 123 Å². The van der Waals surface area contributed by atoms with Gasteiger partial charge in [-0.15, -0.1) is 0 Å². The minimum Gasteiger partial charge on any atom is -0.414 e. The first-order valence-corrected chi connectivity index (χ1v) is 19.5. The van der Waals surface area contributed by atoms with Crippen molar-refractivity contribution in [1.82, 2.24) is 0 Å². The Kier molecular flexibility index (Phi) is 5.79. The molecule has 4 saturated carbocycles. The van der Waals surface area contributed by atoms with Gasteiger partial charge in [-0.25, -0.2) is 0 Å². The molecule has 2 nitrogen and oxygen atoms in total. The fraction of sp³-hybridized carbons (Fsp3) is 1.00. The van der Waals surface area contributed by atoms with E-state index in [0.717, 1.165) is 23.7 Å². The lowest BCUT2D eigenvalue weighted by Crippen LogP contribution is -2.60. The van der Waals surface area contributed by atoms with E-state index in [1.165, 1.54) is 57.8 Å². The number of hydrogen-bond donors (Lipinski definition) is 0. The van der Waals surface area contributed by atoms with E-state index in [1.54, 1.807) is 0 Å². The Morgan fingerprint density at radius 3 is 2.00 bits per heavy atom. The van der Waals surface area contributed by atoms with Crippen molar-refractivity contribution in [3.05, 3.63) is 0 Å². The molecule has 0 N–H and O–H groups in total. The lowest BCUT2D eigenvalue weighted by Gasteiger charge is -2.63. The smallest absolute Gasteiger partial charge is 0.184 e. The van der Waals surface area contributed by atoms with Gasteiger partial charge in [0.05, 0.1) is 6.10 Å². The summed E-state index contributed by atoms with van der Waals surface area (Å²) in [5.41, 5.74) is 0.946. The molecule has 0 radical (unpaired) electrons. The molecule has 4 rings (SSSR count). The summed E-state index contributed by atoms with van der Waals surface area (Å²) in [6.45, 7) is 19.6. The maximum Gasteiger partial charge on any atom is 0.184 e. The summed E-state index contributed by atoms with van der Waals surface area (Å²) in [5.74, 6) is 3.36. The molecule has 0 aromatic carbocycles. The Bertz CT molecular complexity index is 609. The maximum atomic E-state index is 7.04. The molecule has 3 unspecified atom stereocenters. The summed E-state index contributed by atoms with van der Waals surface area (Å²) in [7, 11) is -3.06. The lowest BCUT2D eigenvalue weighted by molar-refractivity contribution is -0.161. The van der Waals surface area contributed by atoms with E-state index < -0.39 is 16.6 Å². The van der Waals surface area contributed by atoms with Crippen LogP contribution in [0.15, 0.2) is 0 Å². The van der Waals surface area contributed by atoms with Gasteiger partial charge in [0.15, 0.2) is 16.6 Å². The predicted molar refractivity (Wildman–Crippen MR) is 128 cm³/mol. The average molecular weight is 437 g/mol. The van der Waals surface area contributed by atoms with Crippen LogP contribution < -0.4 is 0 Å². The minimum atomic E-state index is -1.55. The second-order valence-corrected chi connectivity index (χ2v) is 22.5. The van der Waals surface area contributed by atoms with Gasteiger partial charge in [0.1, 0.15) is 0 Å². The van der Waals surface area contributed by atoms with Crippen LogP contribution >= 0.6 is 0 Å². The predicted octanol–water partition coefficient (Wildman–Crippen LogP) is 7.47. The molecule has 0 aromatic heterocycles. The van der Waals surface area contributed by atoms with E-state index in [9.17, 15) is 0 Å². The largest absolute Gasteiger partial charge is 0.414 e. The Hall–Kier alpha value is 0.354. The number of hydrogen-bond acceptors (Lipinski definition) is 2. The van der Waals surface area contributed by atoms with E-state index in [-0.39, 0.29) is 0 Å². The molecule has 4 aliphatic carbocycles. The van der Waals surface area contributed by atoms with Gasteiger partial charge in [0, 0.05) is 6.10 Å². The zero-order valence-corrected chi connectivity index (χ0v) is 22.6. The van der Waals surface area contributed by atoms with Gasteiger partial charge in [0.25, 0.3) is 0 Å². The summed E-state index contributed by atoms with van der Waals surface area (Å²) in [6.07, 6.45) is 13.6. The third-order valence-electron chi connectivity index (χ3n) is 9.49. The summed E-state index contributed by atoms with van der Waals surface area (Å²) >= 11 is 0. The molecule has 0 bridgehead atoms. The second-order valence-electron chi connectivity index (χ2n) is 13.6. The van der Waals surface area contributed by atoms with Gasteiger partial charge < -0.3 is 8.85 Å². The third kappa shape index (κ3) is 4.09. The van der Waals surface area contributed by atoms with Crippen molar-refractivity contribution in [2.24, 2.45) is 34.5 Å². The van der Waals surface area contributed by atoms with E-state index >= 15 is 0 Å². The van der Waals surface area contributed by atoms with Gasteiger partial charge >= 0.3 is 0 Å². The summed E-state index contributed by atoms with van der Waals surface area (Å²) in [5, 5.41) is 0. The van der Waals surface area contributed by atoms with E-state index in [4.69, 9.17) is 8.85 Å². The number of rotatable bonds is 4. The Morgan fingerprint density at radius 1 is 0.690 bits per heavy atom. The van der Waals surface area contributed by atoms with Crippen LogP contribution in [-0.2, 0) is 8.85 Å². The zero-order valence-electron chi connectivity index (χ0n) is 20.6. The Balaban J connectivity index is 1.67. The monoisotopic (exact) mass is 436 g/mol. The highest BCUT2D eigenvalue weighted by atomic mass is 28.4. The van der Waals surface area contributed by atoms with Crippen molar-refractivity contribution in [3.8, 4) is 0 Å². The standard InChI is InChI=1S/C25H48O2Si2/c1-24-15-10-9-11-18(24)17-21(26-28(3,4)5)23-19-12-13-22(27-29(6,7)8)25(19,2)16-14-20(23)24/h18-23H,9-17H2,1-8H3/t18-,19?,20?,21+,22-,23?,24+,25+/m1/s1. The normalized spacial score (nSPS) is 48.0. The van der Waals surface area contributed by atoms with Crippen LogP contribution in [0.2, 0.25) is 39.3 Å². The highest BCUT2D eigenvalue weighted by molar-refractivity contribution is 6.70. The zero-order chi connectivity index (χ0) is 21.2. The molecule has 0 amide bonds. The second kappa shape index (κ2) is 7.45. The van der Waals surface area contributed by atoms with Crippen LogP contribution in [0.4, 0.5) is 0 Å². The Labute approximate surface area is 183 Å². The van der Waals surface area contributed by atoms with Crippen LogP contribution in [0.25, 0.3) is 0 Å². The third-order valence-corrected chi connectivity index (χ3v) is 11.5. The van der Waals surface area contributed by atoms with Crippen LogP contribution in [-0.4, -0.2) is 28.8 Å². The van der Waals surface area contributed by atoms with Crippen LogP contribution in [0.3, 0.4) is 0 Å². The van der Waals surface area contributed by atoms with Crippen molar-refractivity contribution in [1.29, 1.82) is 0 Å². The van der Waals surface area contributed by atoms with Crippen LogP contribution in [0.1, 0.15) is 71.6 Å². The molecule has 168 valence electrons. The maximum absolute atomic E-state index is 7.04. The molecule has 0 aromatic rings. The first-order valence-electron chi connectivity index (χ1n) is 12.7. The van der Waals surface area contributed by atoms with Crippen LogP contribution in [0.5, 0.6) is 0 Å². The van der Waals surface area contributed by atoms with E-state index in [0.29, 0.717) is 23.0 Å². The topological polar surface area (TPSA) is 18.5 Å². The molecule has 0 heterocycles. The highest BCUT2D eigenvalue weighted by Crippen LogP contribution is 2.67. The minimum absolute atomic E-state index is 0.375. The van der Waals surface area contributed by atoms with Crippen molar-refractivity contribution >= 4 is 16.6 Å². The highest BCUT2D eigenvalue weighted by Gasteiger charge is 2.63. The molecule has 0 aliphatic heterocycles. The molecule has 29 heavy (non-hydrogen) atoms. The lowest BCUT2D eigenvalue weighted by atomic mass is 9.44. The first-order chi connectivity index (χ1) is 13.3. The van der Waals surface area contributed by atoms with E-state index in [2.05, 4.69) is 53.1 Å². The van der Waals surface area contributed by atoms with Gasteiger partial charge in [-0.1, -0.05) is 26.7 Å². The summed E-state index contributed by atoms with van der Waals surface area (Å²) in [4.78, 5) is 0. The SMILES string of the molecule is C[C@]12CCC3C(C1CC[C@H]2O[Si](C)(C)C)[C@@H](O[Si](C)(C)C)C[C@H]1CCCC[C@]31C. The Morgan fingerprint density at radius 2 is 1.34 bits per heavy atom. The molecule has 4 aliphatic rings. The number of fused-ring (bicyclic) bond motifs is 5. The molecular formula is C25H48O2Si2.